The van der Waals surface area contributed by atoms with E-state index in [2.05, 4.69) is 25.6 Å². The molecule has 4 aliphatic carbocycles. The van der Waals surface area contributed by atoms with E-state index in [1.807, 2.05) is 25.1 Å². The van der Waals surface area contributed by atoms with Crippen molar-refractivity contribution < 1.29 is 14.3 Å². The molecule has 7 rings (SSSR count). The average molecular weight is 473 g/mol. The van der Waals surface area contributed by atoms with Crippen LogP contribution in [0.15, 0.2) is 55.1 Å². The molecule has 35 heavy (non-hydrogen) atoms. The first-order valence-corrected chi connectivity index (χ1v) is 12.1. The highest BCUT2D eigenvalue weighted by Crippen LogP contribution is 2.57. The number of imidazole rings is 1. The zero-order valence-corrected chi connectivity index (χ0v) is 19.6. The van der Waals surface area contributed by atoms with Gasteiger partial charge in [-0.1, -0.05) is 12.1 Å². The van der Waals surface area contributed by atoms with Crippen LogP contribution in [-0.4, -0.2) is 42.6 Å². The largest absolute Gasteiger partial charge is 0.414 e. The van der Waals surface area contributed by atoms with E-state index >= 15 is 0 Å². The highest BCUT2D eigenvalue weighted by atomic mass is 16.6. The Bertz CT molecular complexity index is 1260. The monoisotopic (exact) mass is 472 g/mol. The van der Waals surface area contributed by atoms with Gasteiger partial charge in [0.2, 0.25) is 5.88 Å². The Balaban J connectivity index is 1.17. The van der Waals surface area contributed by atoms with Gasteiger partial charge in [0, 0.05) is 35.2 Å². The summed E-state index contributed by atoms with van der Waals surface area (Å²) in [5, 5.41) is 6.51. The topological polar surface area (TPSA) is 111 Å². The number of hydrogen-bond acceptors (Lipinski definition) is 6. The Hall–Kier alpha value is -3.75. The molecule has 2 amide bonds. The zero-order chi connectivity index (χ0) is 24.0. The molecule has 3 heterocycles. The van der Waals surface area contributed by atoms with Crippen molar-refractivity contribution in [1.82, 2.24) is 30.2 Å². The number of carbonyl (C=O) groups excluding carboxylic acids is 2. The third-order valence-electron chi connectivity index (χ3n) is 7.60. The Morgan fingerprint density at radius 1 is 1.00 bits per heavy atom. The molecule has 0 aromatic carbocycles. The summed E-state index contributed by atoms with van der Waals surface area (Å²) in [7, 11) is 0. The summed E-state index contributed by atoms with van der Waals surface area (Å²) < 4.78 is 7.35. The van der Waals surface area contributed by atoms with Crippen molar-refractivity contribution in [1.29, 1.82) is 0 Å². The van der Waals surface area contributed by atoms with Crippen LogP contribution in [0.1, 0.15) is 54.7 Å². The molecule has 0 spiro atoms. The molecule has 0 radical (unpaired) electrons. The Morgan fingerprint density at radius 3 is 2.46 bits per heavy atom. The smallest absolute Gasteiger partial charge is 0.391 e. The molecule has 4 aliphatic rings. The fourth-order valence-electron chi connectivity index (χ4n) is 6.87. The number of pyridine rings is 2. The molecule has 2 unspecified atom stereocenters. The van der Waals surface area contributed by atoms with Crippen molar-refractivity contribution in [3.8, 4) is 11.7 Å². The second-order valence-electron chi connectivity index (χ2n) is 10.5. The summed E-state index contributed by atoms with van der Waals surface area (Å²) in [6, 6.07) is 10.8. The van der Waals surface area contributed by atoms with Gasteiger partial charge in [0.05, 0.1) is 0 Å². The maximum atomic E-state index is 13.1. The summed E-state index contributed by atoms with van der Waals surface area (Å²) in [5.74, 6) is 1.63. The van der Waals surface area contributed by atoms with E-state index in [-0.39, 0.29) is 17.3 Å². The number of hydrogen-bond donors (Lipinski definition) is 2. The molecule has 4 bridgehead atoms. The van der Waals surface area contributed by atoms with Gasteiger partial charge in [-0.15, -0.1) is 0 Å². The minimum Gasteiger partial charge on any atom is -0.391 e. The fraction of sp³-hybridized carbons (Fsp3) is 0.423. The lowest BCUT2D eigenvalue weighted by Crippen LogP contribution is -2.70. The van der Waals surface area contributed by atoms with Gasteiger partial charge in [0.15, 0.2) is 0 Å². The van der Waals surface area contributed by atoms with Crippen LogP contribution >= 0.6 is 0 Å². The third kappa shape index (κ3) is 4.26. The number of nitrogens with one attached hydrogen (secondary N) is 2. The average Bonchev–Trinajstić information content (AvgIpc) is 3.32. The van der Waals surface area contributed by atoms with Crippen LogP contribution in [0.5, 0.6) is 5.88 Å². The number of ether oxygens (including phenoxy) is 1. The summed E-state index contributed by atoms with van der Waals surface area (Å²) in [6.07, 6.45) is 10.1. The molecular formula is C26H28N6O3. The normalized spacial score (nSPS) is 28.5. The molecule has 3 aromatic rings. The Kier molecular flexibility index (Phi) is 5.09. The number of rotatable bonds is 5. The number of aromatic nitrogens is 4. The second-order valence-corrected chi connectivity index (χ2v) is 10.5. The van der Waals surface area contributed by atoms with E-state index in [0.717, 1.165) is 37.8 Å². The van der Waals surface area contributed by atoms with E-state index in [0.29, 0.717) is 29.8 Å². The van der Waals surface area contributed by atoms with Crippen molar-refractivity contribution in [3.63, 3.8) is 0 Å². The number of nitrogens with zero attached hydrogens (tertiary/aromatic N) is 4. The SMILES string of the molecule is Cc1cccc(C(=O)NC23CC4CC(CC(NC(=O)Oc5cccc(-n6ccnc6)n5)(C4)C2)C3)n1. The molecule has 0 aliphatic heterocycles. The van der Waals surface area contributed by atoms with Crippen molar-refractivity contribution >= 4 is 12.0 Å². The molecule has 3 aromatic heterocycles. The molecule has 180 valence electrons. The van der Waals surface area contributed by atoms with Crippen LogP contribution < -0.4 is 15.4 Å². The van der Waals surface area contributed by atoms with E-state index < -0.39 is 11.6 Å². The van der Waals surface area contributed by atoms with Gasteiger partial charge in [-0.3, -0.25) is 9.36 Å². The lowest BCUT2D eigenvalue weighted by Gasteiger charge is -2.61. The number of aryl methyl sites for hydroxylation is 1. The number of carbonyl (C=O) groups is 2. The van der Waals surface area contributed by atoms with Crippen molar-refractivity contribution in [2.45, 2.75) is 56.5 Å². The lowest BCUT2D eigenvalue weighted by molar-refractivity contribution is -0.0450. The molecule has 0 saturated heterocycles. The van der Waals surface area contributed by atoms with E-state index in [4.69, 9.17) is 4.74 Å². The van der Waals surface area contributed by atoms with Crippen molar-refractivity contribution in [3.05, 3.63) is 66.5 Å². The maximum absolute atomic E-state index is 13.1. The fourth-order valence-corrected chi connectivity index (χ4v) is 6.87. The van der Waals surface area contributed by atoms with Crippen LogP contribution in [-0.2, 0) is 0 Å². The first kappa shape index (κ1) is 21.8. The summed E-state index contributed by atoms with van der Waals surface area (Å²) in [4.78, 5) is 38.9. The first-order chi connectivity index (χ1) is 16.9. The van der Waals surface area contributed by atoms with Gasteiger partial charge >= 0.3 is 6.09 Å². The van der Waals surface area contributed by atoms with E-state index in [1.54, 1.807) is 41.5 Å². The van der Waals surface area contributed by atoms with Crippen LogP contribution in [0.3, 0.4) is 0 Å². The van der Waals surface area contributed by atoms with Gasteiger partial charge in [-0.2, -0.15) is 4.98 Å². The first-order valence-electron chi connectivity index (χ1n) is 12.1. The van der Waals surface area contributed by atoms with Gasteiger partial charge in [-0.25, -0.2) is 14.8 Å². The summed E-state index contributed by atoms with van der Waals surface area (Å²) >= 11 is 0. The van der Waals surface area contributed by atoms with Crippen LogP contribution in [0, 0.1) is 18.8 Å². The van der Waals surface area contributed by atoms with Crippen molar-refractivity contribution in [2.24, 2.45) is 11.8 Å². The highest BCUT2D eigenvalue weighted by molar-refractivity contribution is 5.92. The summed E-state index contributed by atoms with van der Waals surface area (Å²) in [5.41, 5.74) is 0.524. The molecule has 4 fully saturated rings. The summed E-state index contributed by atoms with van der Waals surface area (Å²) in [6.45, 7) is 1.88. The Labute approximate surface area is 203 Å². The standard InChI is InChI=1S/C26H28N6O3/c1-17-4-2-5-20(28-17)23(33)30-25-11-18-10-19(12-25)14-26(13-18,15-25)31-24(34)35-22-7-3-6-21(29-22)32-9-8-27-16-32/h2-9,16,18-19H,10-15H2,1H3,(H,30,33)(H,31,34). The maximum Gasteiger partial charge on any atom is 0.414 e. The zero-order valence-electron chi connectivity index (χ0n) is 19.6. The van der Waals surface area contributed by atoms with Gasteiger partial charge in [0.1, 0.15) is 17.8 Å². The van der Waals surface area contributed by atoms with Gasteiger partial charge in [-0.05, 0) is 75.5 Å². The predicted octanol–water partition coefficient (Wildman–Crippen LogP) is 3.58. The number of amides is 2. The van der Waals surface area contributed by atoms with E-state index in [9.17, 15) is 9.59 Å². The van der Waals surface area contributed by atoms with Crippen LogP contribution in [0.25, 0.3) is 5.82 Å². The molecular weight excluding hydrogens is 444 g/mol. The molecule has 9 heteroatoms. The molecule has 2 N–H and O–H groups in total. The third-order valence-corrected chi connectivity index (χ3v) is 7.60. The van der Waals surface area contributed by atoms with E-state index in [1.165, 1.54) is 0 Å². The lowest BCUT2D eigenvalue weighted by atomic mass is 9.50. The molecule has 9 nitrogen and oxygen atoms in total. The van der Waals surface area contributed by atoms with Gasteiger partial charge < -0.3 is 15.4 Å². The minimum atomic E-state index is -0.510. The highest BCUT2D eigenvalue weighted by Gasteiger charge is 2.59. The van der Waals surface area contributed by atoms with Crippen molar-refractivity contribution in [2.75, 3.05) is 0 Å². The van der Waals surface area contributed by atoms with Gasteiger partial charge in [0.25, 0.3) is 5.91 Å². The molecule has 4 saturated carbocycles. The second kappa shape index (κ2) is 8.18. The van der Waals surface area contributed by atoms with Crippen LogP contribution in [0.4, 0.5) is 4.79 Å². The Morgan fingerprint density at radius 2 is 1.74 bits per heavy atom. The quantitative estimate of drug-likeness (QED) is 0.587. The van der Waals surface area contributed by atoms with Crippen LogP contribution in [0.2, 0.25) is 0 Å². The predicted molar refractivity (Wildman–Crippen MR) is 127 cm³/mol. The minimum absolute atomic E-state index is 0.145. The molecule has 2 atom stereocenters.